The van der Waals surface area contributed by atoms with Gasteiger partial charge in [0.15, 0.2) is 36.7 Å². The first kappa shape index (κ1) is 61.8. The van der Waals surface area contributed by atoms with Crippen LogP contribution in [0.3, 0.4) is 0 Å². The van der Waals surface area contributed by atoms with Gasteiger partial charge in [0.1, 0.15) is 67.1 Å². The standard InChI is InChI=1S/C57H88O23/c1-12-24(2)46(70)78-44-43(79-50(71)56(11)25(3)80-56)51(4,5)19-27-26-13-14-31-53(8)17-16-33(52(6,7)30(53)15-18-54(31,9)55(26,10)20-32(61)57(27,44)23-60)74-49-42(77-48-38(66)36(64)34(62)28(21-58)72-48)40(39(67)41(76-49)45(68)69)75-47-37(65)35(63)29(22-59)73-47/h12-13,25,27-44,47-49,58-67H,14-23H2,1-11H3,(H,68,69)/b24-12-/t25-,27+,28-,29+,30+,31-,32-,33+,34-,35+,36+,37-,38-,39+,40+,41+,42-,43+,44+,47+,48+,49-,53+,54-,55-,56+,57+/m1/s1. The Labute approximate surface area is 466 Å². The molecule has 4 heterocycles. The Hall–Kier alpha value is -2.79. The summed E-state index contributed by atoms with van der Waals surface area (Å²) in [7, 11) is 0. The van der Waals surface area contributed by atoms with Crippen molar-refractivity contribution in [3.05, 3.63) is 23.3 Å². The average Bonchev–Trinajstić information content (AvgIpc) is 4.08. The summed E-state index contributed by atoms with van der Waals surface area (Å²) in [5, 5.41) is 121. The highest BCUT2D eigenvalue weighted by Gasteiger charge is 2.74. The van der Waals surface area contributed by atoms with Gasteiger partial charge in [-0.25, -0.2) is 14.4 Å². The van der Waals surface area contributed by atoms with Crippen molar-refractivity contribution < 1.29 is 113 Å². The van der Waals surface area contributed by atoms with Crippen LogP contribution in [0.15, 0.2) is 23.3 Å². The highest BCUT2D eigenvalue weighted by molar-refractivity contribution is 5.88. The van der Waals surface area contributed by atoms with Crippen LogP contribution in [0, 0.1) is 50.2 Å². The fourth-order valence-electron chi connectivity index (χ4n) is 16.6. The number of carboxylic acids is 1. The molecule has 27 atom stereocenters. The Morgan fingerprint density at radius 2 is 1.29 bits per heavy atom. The minimum atomic E-state index is -2.11. The van der Waals surface area contributed by atoms with E-state index >= 15 is 0 Å². The Balaban J connectivity index is 1.03. The molecule has 0 aromatic carbocycles. The van der Waals surface area contributed by atoms with Crippen molar-refractivity contribution in [3.8, 4) is 0 Å². The number of fused-ring (bicyclic) bond motifs is 7. The molecule has 0 aromatic heterocycles. The second-order valence-corrected chi connectivity index (χ2v) is 26.9. The molecule has 0 aromatic rings. The first-order valence-corrected chi connectivity index (χ1v) is 28.5. The van der Waals surface area contributed by atoms with E-state index in [1.165, 1.54) is 0 Å². The lowest BCUT2D eigenvalue weighted by molar-refractivity contribution is -0.386. The van der Waals surface area contributed by atoms with Crippen molar-refractivity contribution >= 4 is 17.9 Å². The van der Waals surface area contributed by atoms with Crippen molar-refractivity contribution in [2.75, 3.05) is 19.8 Å². The number of aliphatic hydroxyl groups is 10. The monoisotopic (exact) mass is 1140 g/mol. The van der Waals surface area contributed by atoms with Gasteiger partial charge >= 0.3 is 17.9 Å². The number of carbonyl (C=O) groups excluding carboxylic acids is 2. The molecule has 9 aliphatic rings. The maximum atomic E-state index is 13.9. The molecule has 23 nitrogen and oxygen atoms in total. The predicted octanol–water partition coefficient (Wildman–Crippen LogP) is 0.503. The summed E-state index contributed by atoms with van der Waals surface area (Å²) in [4.78, 5) is 40.7. The molecule has 9 rings (SSSR count). The molecule has 8 fully saturated rings. The van der Waals surface area contributed by atoms with Crippen molar-refractivity contribution in [2.45, 2.75) is 243 Å². The molecule has 454 valence electrons. The SMILES string of the molecule is C/C=C(/C)C(=O)O[C@H]1[C@H](OC(=O)[C@@]2(C)O[C@@H]2C)C(C)(C)C[C@H]2C3=CC[C@@H]4[C@@]5(C)CC[C@H](O[C@@H]6O[C@H](C(=O)O)[C@@H](O)[C@H](O[C@@H]7O[C@@H](CO)[C@H](O)[C@H]7O)[C@H]6O[C@@H]6O[C@H](CO)[C@@H](O)[C@H](O)[C@H]6O)C(C)(C)[C@@H]5CC[C@@]4(C)[C@]3(C)C[C@@H](O)[C@]21CO. The third kappa shape index (κ3) is 9.46. The smallest absolute Gasteiger partial charge is 0.341 e. The number of hydrogen-bond acceptors (Lipinski definition) is 22. The fourth-order valence-corrected chi connectivity index (χ4v) is 16.6. The van der Waals surface area contributed by atoms with E-state index in [1.807, 2.05) is 13.8 Å². The van der Waals surface area contributed by atoms with Gasteiger partial charge in [-0.1, -0.05) is 66.2 Å². The highest BCUT2D eigenvalue weighted by atomic mass is 16.8. The second kappa shape index (κ2) is 21.6. The Morgan fingerprint density at radius 1 is 0.700 bits per heavy atom. The third-order valence-corrected chi connectivity index (χ3v) is 22.0. The summed E-state index contributed by atoms with van der Waals surface area (Å²) >= 11 is 0. The van der Waals surface area contributed by atoms with Crippen LogP contribution in [0.5, 0.6) is 0 Å². The van der Waals surface area contributed by atoms with Gasteiger partial charge in [-0.15, -0.1) is 0 Å². The first-order chi connectivity index (χ1) is 37.3. The number of ether oxygens (including phenoxy) is 9. The number of hydrogen-bond donors (Lipinski definition) is 11. The summed E-state index contributed by atoms with van der Waals surface area (Å²) in [6.45, 7) is 19.4. The topological polar surface area (TPSA) is 360 Å². The van der Waals surface area contributed by atoms with E-state index in [0.29, 0.717) is 44.1 Å². The largest absolute Gasteiger partial charge is 0.479 e. The number of esters is 2. The van der Waals surface area contributed by atoms with Crippen LogP contribution in [0.2, 0.25) is 0 Å². The van der Waals surface area contributed by atoms with E-state index in [4.69, 9.17) is 42.6 Å². The number of aliphatic carboxylic acids is 1. The molecule has 11 N–H and O–H groups in total. The lowest BCUT2D eigenvalue weighted by atomic mass is 9.33. The molecule has 4 aliphatic heterocycles. The number of epoxide rings is 1. The summed E-state index contributed by atoms with van der Waals surface area (Å²) in [5.41, 5.74) is -4.36. The zero-order valence-corrected chi connectivity index (χ0v) is 47.7. The summed E-state index contributed by atoms with van der Waals surface area (Å²) in [6, 6.07) is 0. The normalized spacial score (nSPS) is 51.4. The van der Waals surface area contributed by atoms with Crippen molar-refractivity contribution in [2.24, 2.45) is 50.2 Å². The van der Waals surface area contributed by atoms with Crippen LogP contribution in [0.4, 0.5) is 0 Å². The van der Waals surface area contributed by atoms with Gasteiger partial charge in [-0.05, 0) is 112 Å². The first-order valence-electron chi connectivity index (χ1n) is 28.5. The van der Waals surface area contributed by atoms with E-state index in [9.17, 15) is 70.6 Å². The second-order valence-electron chi connectivity index (χ2n) is 26.9. The van der Waals surface area contributed by atoms with Crippen molar-refractivity contribution in [1.82, 2.24) is 0 Å². The molecule has 5 aliphatic carbocycles. The van der Waals surface area contributed by atoms with Crippen molar-refractivity contribution in [1.29, 1.82) is 0 Å². The molecule has 0 unspecified atom stereocenters. The van der Waals surface area contributed by atoms with Gasteiger partial charge < -0.3 is 98.8 Å². The third-order valence-electron chi connectivity index (χ3n) is 22.0. The molecule has 23 heteroatoms. The van der Waals surface area contributed by atoms with Gasteiger partial charge in [-0.2, -0.15) is 0 Å². The minimum Gasteiger partial charge on any atom is -0.479 e. The van der Waals surface area contributed by atoms with Crippen LogP contribution in [-0.2, 0) is 57.0 Å². The van der Waals surface area contributed by atoms with Crippen LogP contribution in [-0.4, -0.2) is 216 Å². The summed E-state index contributed by atoms with van der Waals surface area (Å²) < 4.78 is 55.0. The zero-order chi connectivity index (χ0) is 58.9. The molecule has 4 saturated carbocycles. The van der Waals surface area contributed by atoms with E-state index in [1.54, 1.807) is 33.8 Å². The van der Waals surface area contributed by atoms with Crippen LogP contribution < -0.4 is 0 Å². The number of rotatable bonds is 14. The maximum absolute atomic E-state index is 13.9. The Morgan fingerprint density at radius 3 is 1.85 bits per heavy atom. The highest BCUT2D eigenvalue weighted by Crippen LogP contribution is 2.76. The zero-order valence-electron chi connectivity index (χ0n) is 47.7. The summed E-state index contributed by atoms with van der Waals surface area (Å²) in [6.07, 6.45) is -22.4. The van der Waals surface area contributed by atoms with Gasteiger partial charge in [-0.3, -0.25) is 0 Å². The number of allylic oxidation sites excluding steroid dienone is 3. The molecule has 0 bridgehead atoms. The van der Waals surface area contributed by atoms with Crippen LogP contribution in [0.25, 0.3) is 0 Å². The Kier molecular flexibility index (Phi) is 16.7. The molecule has 0 radical (unpaired) electrons. The van der Waals surface area contributed by atoms with Crippen LogP contribution in [0.1, 0.15) is 121 Å². The number of carboxylic acid groups (broad SMARTS) is 1. The van der Waals surface area contributed by atoms with Gasteiger partial charge in [0.2, 0.25) is 0 Å². The summed E-state index contributed by atoms with van der Waals surface area (Å²) in [5.74, 6) is -3.47. The van der Waals surface area contributed by atoms with Gasteiger partial charge in [0.05, 0.1) is 43.5 Å². The van der Waals surface area contributed by atoms with E-state index in [2.05, 4.69) is 40.7 Å². The maximum Gasteiger partial charge on any atom is 0.341 e. The van der Waals surface area contributed by atoms with Crippen LogP contribution >= 0.6 is 0 Å². The molecule has 80 heavy (non-hydrogen) atoms. The molecule has 4 saturated heterocycles. The van der Waals surface area contributed by atoms with Gasteiger partial charge in [0.25, 0.3) is 0 Å². The lowest BCUT2D eigenvalue weighted by Gasteiger charge is -2.72. The fraction of sp³-hybridized carbons (Fsp3) is 0.877. The van der Waals surface area contributed by atoms with E-state index in [0.717, 1.165) is 5.57 Å². The minimum absolute atomic E-state index is 0.0163. The molecular formula is C57H88O23. The molecule has 0 amide bonds. The predicted molar refractivity (Wildman–Crippen MR) is 275 cm³/mol. The molecular weight excluding hydrogens is 1050 g/mol. The average molecular weight is 1140 g/mol. The van der Waals surface area contributed by atoms with E-state index < -0.39 is 198 Å². The number of carbonyl (C=O) groups is 3. The van der Waals surface area contributed by atoms with E-state index in [-0.39, 0.29) is 18.3 Å². The quantitative estimate of drug-likeness (QED) is 0.0371. The van der Waals surface area contributed by atoms with Crippen molar-refractivity contribution in [3.63, 3.8) is 0 Å². The van der Waals surface area contributed by atoms with Gasteiger partial charge in [0, 0.05) is 11.0 Å². The number of aliphatic hydroxyl groups excluding tert-OH is 10. The Bertz CT molecular complexity index is 2400. The molecule has 0 spiro atoms. The lowest BCUT2D eigenvalue weighted by Crippen LogP contribution is -2.72.